The van der Waals surface area contributed by atoms with Gasteiger partial charge in [0.05, 0.1) is 7.11 Å². The lowest BCUT2D eigenvalue weighted by molar-refractivity contribution is 0.277. The molecule has 10 heteroatoms. The molecule has 0 bridgehead atoms. The molecule has 0 amide bonds. The lowest BCUT2D eigenvalue weighted by atomic mass is 9.86. The first-order valence-corrected chi connectivity index (χ1v) is 12.4. The largest absolute Gasteiger partial charge is 0.494 e. The van der Waals surface area contributed by atoms with Crippen LogP contribution < -0.4 is 26.4 Å². The number of aromatic nitrogens is 3. The number of benzene rings is 1. The van der Waals surface area contributed by atoms with Crippen molar-refractivity contribution >= 4 is 23.5 Å². The van der Waals surface area contributed by atoms with Gasteiger partial charge in [-0.1, -0.05) is 13.3 Å². The fraction of sp³-hybridized carbons (Fsp3) is 0.625. The minimum absolute atomic E-state index is 0.189. The van der Waals surface area contributed by atoms with Crippen LogP contribution in [0.25, 0.3) is 0 Å². The number of hydrogen-bond acceptors (Lipinski definition) is 9. The van der Waals surface area contributed by atoms with Crippen LogP contribution in [0.4, 0.5) is 27.9 Å². The molecule has 5 N–H and O–H groups in total. The summed E-state index contributed by atoms with van der Waals surface area (Å²) >= 11 is 0. The number of nitrogens with two attached hydrogens (primary N) is 1. The van der Waals surface area contributed by atoms with Crippen LogP contribution in [0.5, 0.6) is 5.75 Å². The van der Waals surface area contributed by atoms with Crippen LogP contribution in [-0.4, -0.2) is 65.2 Å². The zero-order valence-electron chi connectivity index (χ0n) is 20.2. The molecule has 4 rings (SSSR count). The predicted octanol–water partition coefficient (Wildman–Crippen LogP) is 3.59. The van der Waals surface area contributed by atoms with Gasteiger partial charge in [0.15, 0.2) is 11.6 Å². The highest BCUT2D eigenvalue weighted by molar-refractivity contribution is 5.57. The molecule has 2 heterocycles. The van der Waals surface area contributed by atoms with Gasteiger partial charge in [-0.3, -0.25) is 4.90 Å². The van der Waals surface area contributed by atoms with Gasteiger partial charge in [0, 0.05) is 36.9 Å². The number of ether oxygens (including phenoxy) is 1. The quantitative estimate of drug-likeness (QED) is 0.412. The zero-order chi connectivity index (χ0) is 23.9. The van der Waals surface area contributed by atoms with Gasteiger partial charge in [0.2, 0.25) is 17.8 Å². The molecule has 1 aromatic heterocycles. The first-order valence-electron chi connectivity index (χ1n) is 12.4. The molecular formula is C24H37FN8O. The third kappa shape index (κ3) is 6.44. The van der Waals surface area contributed by atoms with Crippen molar-refractivity contribution in [1.29, 1.82) is 0 Å². The summed E-state index contributed by atoms with van der Waals surface area (Å²) in [7, 11) is 1.44. The smallest absolute Gasteiger partial charge is 0.233 e. The number of anilines is 4. The average Bonchev–Trinajstić information content (AvgIpc) is 3.29. The molecule has 2 aromatic rings. The molecule has 1 aliphatic carbocycles. The van der Waals surface area contributed by atoms with E-state index in [1.807, 2.05) is 0 Å². The molecule has 1 aliphatic heterocycles. The number of hydrogen-bond donors (Lipinski definition) is 4. The Morgan fingerprint density at radius 2 is 1.82 bits per heavy atom. The minimum atomic E-state index is -0.451. The van der Waals surface area contributed by atoms with Crippen LogP contribution in [0.2, 0.25) is 0 Å². The normalized spacial score (nSPS) is 23.0. The van der Waals surface area contributed by atoms with Gasteiger partial charge >= 0.3 is 0 Å². The minimum Gasteiger partial charge on any atom is -0.494 e. The number of nitrogens with zero attached hydrogens (tertiary/aromatic N) is 4. The zero-order valence-corrected chi connectivity index (χ0v) is 20.2. The van der Waals surface area contributed by atoms with Crippen molar-refractivity contribution in [2.45, 2.75) is 57.5 Å². The molecule has 0 radical (unpaired) electrons. The number of halogens is 1. The monoisotopic (exact) mass is 472 g/mol. The van der Waals surface area contributed by atoms with Crippen molar-refractivity contribution in [2.75, 3.05) is 49.2 Å². The van der Waals surface area contributed by atoms with Crippen molar-refractivity contribution in [2.24, 2.45) is 11.7 Å². The van der Waals surface area contributed by atoms with Crippen molar-refractivity contribution in [3.8, 4) is 5.75 Å². The van der Waals surface area contributed by atoms with E-state index in [-0.39, 0.29) is 11.8 Å². The van der Waals surface area contributed by atoms with Crippen LogP contribution in [0, 0.1) is 11.7 Å². The number of likely N-dealkylation sites (N-methyl/N-ethyl adjacent to an activating group) is 1. The van der Waals surface area contributed by atoms with E-state index in [0.717, 1.165) is 58.3 Å². The van der Waals surface area contributed by atoms with Crippen molar-refractivity contribution < 1.29 is 9.13 Å². The summed E-state index contributed by atoms with van der Waals surface area (Å²) in [4.78, 5) is 16.2. The fourth-order valence-corrected chi connectivity index (χ4v) is 4.97. The number of nitrogens with one attached hydrogen (secondary N) is 3. The second kappa shape index (κ2) is 11.6. The maximum absolute atomic E-state index is 14.2. The van der Waals surface area contributed by atoms with Crippen molar-refractivity contribution in [3.63, 3.8) is 0 Å². The Morgan fingerprint density at radius 1 is 1.06 bits per heavy atom. The Hall–Kier alpha value is -2.72. The highest BCUT2D eigenvalue weighted by atomic mass is 19.1. The van der Waals surface area contributed by atoms with Gasteiger partial charge in [0.1, 0.15) is 0 Å². The standard InChI is InChI=1S/C24H37FN8O/c1-3-33-11-5-8-19(33)15-28-23-30-22(27-14-16-6-4-7-17(26)12-16)31-24(32-23)29-18-9-10-21(34-2)20(25)13-18/h9-10,13,16-17,19H,3-8,11-12,14-15,26H2,1-2H3,(H3,27,28,29,30,31,32). The molecule has 3 atom stereocenters. The molecule has 0 spiro atoms. The molecule has 1 saturated heterocycles. The van der Waals surface area contributed by atoms with E-state index in [1.54, 1.807) is 12.1 Å². The highest BCUT2D eigenvalue weighted by Crippen LogP contribution is 2.25. The van der Waals surface area contributed by atoms with E-state index in [4.69, 9.17) is 10.5 Å². The molecular weight excluding hydrogens is 435 g/mol. The topological polar surface area (TPSA) is 113 Å². The van der Waals surface area contributed by atoms with Crippen LogP contribution in [0.3, 0.4) is 0 Å². The summed E-state index contributed by atoms with van der Waals surface area (Å²) in [6.07, 6.45) is 6.79. The lowest BCUT2D eigenvalue weighted by Crippen LogP contribution is -2.35. The van der Waals surface area contributed by atoms with Gasteiger partial charge in [-0.2, -0.15) is 15.0 Å². The molecule has 3 unspecified atom stereocenters. The molecule has 9 nitrogen and oxygen atoms in total. The van der Waals surface area contributed by atoms with Gasteiger partial charge in [-0.05, 0) is 63.2 Å². The second-order valence-corrected chi connectivity index (χ2v) is 9.26. The summed E-state index contributed by atoms with van der Waals surface area (Å²) in [6.45, 7) is 5.89. The lowest BCUT2D eigenvalue weighted by Gasteiger charge is -2.26. The first-order chi connectivity index (χ1) is 16.5. The summed E-state index contributed by atoms with van der Waals surface area (Å²) < 4.78 is 19.2. The fourth-order valence-electron chi connectivity index (χ4n) is 4.97. The van der Waals surface area contributed by atoms with Gasteiger partial charge in [-0.15, -0.1) is 0 Å². The number of rotatable bonds is 10. The summed E-state index contributed by atoms with van der Waals surface area (Å²) in [6, 6.07) is 5.40. The van der Waals surface area contributed by atoms with E-state index in [1.165, 1.54) is 19.6 Å². The first kappa shape index (κ1) is 24.4. The third-order valence-electron chi connectivity index (χ3n) is 6.82. The Kier molecular flexibility index (Phi) is 8.34. The second-order valence-electron chi connectivity index (χ2n) is 9.26. The van der Waals surface area contributed by atoms with Crippen LogP contribution in [0.15, 0.2) is 18.2 Å². The molecule has 1 aromatic carbocycles. The molecule has 2 fully saturated rings. The van der Waals surface area contributed by atoms with E-state index >= 15 is 0 Å². The summed E-state index contributed by atoms with van der Waals surface area (Å²) in [5.74, 6) is 1.58. The van der Waals surface area contributed by atoms with Crippen LogP contribution in [-0.2, 0) is 0 Å². The van der Waals surface area contributed by atoms with Gasteiger partial charge in [-0.25, -0.2) is 4.39 Å². The maximum atomic E-state index is 14.2. The Balaban J connectivity index is 1.48. The Labute approximate surface area is 201 Å². The molecule has 1 saturated carbocycles. The van der Waals surface area contributed by atoms with E-state index < -0.39 is 5.82 Å². The van der Waals surface area contributed by atoms with Crippen molar-refractivity contribution in [3.05, 3.63) is 24.0 Å². The average molecular weight is 473 g/mol. The maximum Gasteiger partial charge on any atom is 0.233 e. The summed E-state index contributed by atoms with van der Waals surface area (Å²) in [5, 5.41) is 9.87. The third-order valence-corrected chi connectivity index (χ3v) is 6.82. The SMILES string of the molecule is CCN1CCCC1CNc1nc(NCC2CCCC(N)C2)nc(Nc2ccc(OC)c(F)c2)n1. The molecule has 34 heavy (non-hydrogen) atoms. The van der Waals surface area contributed by atoms with Crippen LogP contribution >= 0.6 is 0 Å². The Morgan fingerprint density at radius 3 is 2.53 bits per heavy atom. The Bertz CT molecular complexity index is 945. The molecule has 2 aliphatic rings. The van der Waals surface area contributed by atoms with E-state index in [2.05, 4.69) is 42.7 Å². The van der Waals surface area contributed by atoms with E-state index in [0.29, 0.717) is 35.5 Å². The van der Waals surface area contributed by atoms with Crippen LogP contribution in [0.1, 0.15) is 45.4 Å². The molecule has 186 valence electrons. The predicted molar refractivity (Wildman–Crippen MR) is 133 cm³/mol. The van der Waals surface area contributed by atoms with Gasteiger partial charge in [0.25, 0.3) is 0 Å². The van der Waals surface area contributed by atoms with Crippen molar-refractivity contribution in [1.82, 2.24) is 19.9 Å². The number of methoxy groups -OCH3 is 1. The van der Waals surface area contributed by atoms with E-state index in [9.17, 15) is 4.39 Å². The van der Waals surface area contributed by atoms with Gasteiger partial charge < -0.3 is 26.4 Å². The number of likely N-dealkylation sites (tertiary alicyclic amines) is 1. The highest BCUT2D eigenvalue weighted by Gasteiger charge is 2.23. The summed E-state index contributed by atoms with van der Waals surface area (Å²) in [5.41, 5.74) is 6.69.